The largest absolute Gasteiger partial charge is 0.325 e. The van der Waals surface area contributed by atoms with Gasteiger partial charge in [0.25, 0.3) is 11.2 Å². The number of carbonyl (C=O) groups excluding carboxylic acids is 1. The molecule has 0 saturated heterocycles. The molecule has 0 spiro atoms. The van der Waals surface area contributed by atoms with Crippen LogP contribution in [0.15, 0.2) is 46.3 Å². The molecule has 3 rings (SSSR count). The lowest BCUT2D eigenvalue weighted by Gasteiger charge is -2.10. The highest BCUT2D eigenvalue weighted by molar-refractivity contribution is 7.99. The second-order valence-corrected chi connectivity index (χ2v) is 7.31. The smallest absolute Gasteiger partial charge is 0.269 e. The highest BCUT2D eigenvalue weighted by atomic mass is 32.2. The standard InChI is InChI=1S/C19H18N4O4S/c1-11-4-6-16-14(8-11)18(25)22(3)19(21-16)28-10-17(24)20-15-7-5-13(23(26)27)9-12(15)2/h4-9H,10H2,1-3H3,(H,20,24). The number of aryl methyl sites for hydroxylation is 2. The third-order valence-electron chi connectivity index (χ3n) is 4.22. The molecule has 1 aromatic heterocycles. The SMILES string of the molecule is Cc1ccc2nc(SCC(=O)Nc3ccc([N+](=O)[O-])cc3C)n(C)c(=O)c2c1. The number of anilines is 1. The van der Waals surface area contributed by atoms with E-state index in [9.17, 15) is 19.7 Å². The average molecular weight is 398 g/mol. The number of carbonyl (C=O) groups is 1. The van der Waals surface area contributed by atoms with E-state index in [0.717, 1.165) is 17.3 Å². The molecule has 144 valence electrons. The molecule has 1 N–H and O–H groups in total. The third kappa shape index (κ3) is 4.04. The van der Waals surface area contributed by atoms with Crippen LogP contribution in [0.1, 0.15) is 11.1 Å². The van der Waals surface area contributed by atoms with Crippen molar-refractivity contribution in [2.24, 2.45) is 7.05 Å². The van der Waals surface area contributed by atoms with Gasteiger partial charge in [-0.3, -0.25) is 24.3 Å². The molecule has 0 saturated carbocycles. The van der Waals surface area contributed by atoms with E-state index in [1.165, 1.54) is 22.8 Å². The van der Waals surface area contributed by atoms with Crippen LogP contribution < -0.4 is 10.9 Å². The normalized spacial score (nSPS) is 10.8. The number of amides is 1. The van der Waals surface area contributed by atoms with E-state index in [2.05, 4.69) is 10.3 Å². The highest BCUT2D eigenvalue weighted by Gasteiger charge is 2.13. The summed E-state index contributed by atoms with van der Waals surface area (Å²) >= 11 is 1.15. The molecule has 1 heterocycles. The summed E-state index contributed by atoms with van der Waals surface area (Å²) in [7, 11) is 1.62. The lowest BCUT2D eigenvalue weighted by atomic mass is 10.2. The first-order chi connectivity index (χ1) is 13.3. The Labute approximate surface area is 164 Å². The van der Waals surface area contributed by atoms with Crippen LogP contribution in [0.3, 0.4) is 0 Å². The van der Waals surface area contributed by atoms with Crippen molar-refractivity contribution in [3.05, 3.63) is 68.0 Å². The number of nitro groups is 1. The van der Waals surface area contributed by atoms with Gasteiger partial charge >= 0.3 is 0 Å². The van der Waals surface area contributed by atoms with Gasteiger partial charge < -0.3 is 5.32 Å². The van der Waals surface area contributed by atoms with Gasteiger partial charge in [-0.15, -0.1) is 0 Å². The van der Waals surface area contributed by atoms with Crippen LogP contribution in [-0.2, 0) is 11.8 Å². The summed E-state index contributed by atoms with van der Waals surface area (Å²) in [5.41, 5.74) is 2.47. The Bertz CT molecular complexity index is 1160. The zero-order valence-electron chi connectivity index (χ0n) is 15.6. The van der Waals surface area contributed by atoms with Gasteiger partial charge in [-0.25, -0.2) is 4.98 Å². The molecule has 1 amide bonds. The van der Waals surface area contributed by atoms with Gasteiger partial charge in [0.15, 0.2) is 5.16 Å². The second kappa shape index (κ2) is 7.81. The molecular weight excluding hydrogens is 380 g/mol. The fraction of sp³-hybridized carbons (Fsp3) is 0.211. The Kier molecular flexibility index (Phi) is 5.46. The van der Waals surface area contributed by atoms with E-state index in [0.29, 0.717) is 27.3 Å². The van der Waals surface area contributed by atoms with E-state index in [4.69, 9.17) is 0 Å². The summed E-state index contributed by atoms with van der Waals surface area (Å²) in [5, 5.41) is 14.5. The number of nitrogens with zero attached hydrogens (tertiary/aromatic N) is 3. The van der Waals surface area contributed by atoms with Gasteiger partial charge in [-0.05, 0) is 37.6 Å². The first-order valence-corrected chi connectivity index (χ1v) is 9.40. The molecule has 0 unspecified atom stereocenters. The van der Waals surface area contributed by atoms with Crippen LogP contribution >= 0.6 is 11.8 Å². The van der Waals surface area contributed by atoms with Crippen molar-refractivity contribution in [1.82, 2.24) is 9.55 Å². The first-order valence-electron chi connectivity index (χ1n) is 8.41. The molecule has 0 fully saturated rings. The number of aromatic nitrogens is 2. The molecule has 2 aromatic carbocycles. The number of rotatable bonds is 5. The Morgan fingerprint density at radius 1 is 1.25 bits per heavy atom. The third-order valence-corrected chi connectivity index (χ3v) is 5.25. The lowest BCUT2D eigenvalue weighted by molar-refractivity contribution is -0.384. The summed E-state index contributed by atoms with van der Waals surface area (Å²) in [6.45, 7) is 3.60. The van der Waals surface area contributed by atoms with Crippen molar-refractivity contribution < 1.29 is 9.72 Å². The number of nitrogens with one attached hydrogen (secondary N) is 1. The monoisotopic (exact) mass is 398 g/mol. The van der Waals surface area contributed by atoms with E-state index < -0.39 is 4.92 Å². The summed E-state index contributed by atoms with van der Waals surface area (Å²) in [4.78, 5) is 39.6. The molecule has 0 bridgehead atoms. The van der Waals surface area contributed by atoms with Gasteiger partial charge in [-0.2, -0.15) is 0 Å². The van der Waals surface area contributed by atoms with Gasteiger partial charge in [0.2, 0.25) is 5.91 Å². The number of benzene rings is 2. The first kappa shape index (κ1) is 19.6. The molecule has 28 heavy (non-hydrogen) atoms. The van der Waals surface area contributed by atoms with Crippen LogP contribution in [0.5, 0.6) is 0 Å². The minimum absolute atomic E-state index is 0.0320. The molecule has 0 aliphatic carbocycles. The Morgan fingerprint density at radius 3 is 2.68 bits per heavy atom. The van der Waals surface area contributed by atoms with Crippen LogP contribution in [-0.4, -0.2) is 26.1 Å². The highest BCUT2D eigenvalue weighted by Crippen LogP contribution is 2.22. The quantitative estimate of drug-likeness (QED) is 0.306. The van der Waals surface area contributed by atoms with Crippen LogP contribution in [0.25, 0.3) is 10.9 Å². The average Bonchev–Trinajstić information content (AvgIpc) is 2.65. The van der Waals surface area contributed by atoms with Crippen LogP contribution in [0.2, 0.25) is 0 Å². The van der Waals surface area contributed by atoms with Crippen molar-refractivity contribution >= 4 is 39.9 Å². The minimum atomic E-state index is -0.484. The Balaban J connectivity index is 1.74. The number of nitro benzene ring substituents is 1. The predicted molar refractivity (Wildman–Crippen MR) is 109 cm³/mol. The fourth-order valence-corrected chi connectivity index (χ4v) is 3.48. The van der Waals surface area contributed by atoms with Crippen molar-refractivity contribution in [1.29, 1.82) is 0 Å². The van der Waals surface area contributed by atoms with E-state index >= 15 is 0 Å². The number of hydrogen-bond acceptors (Lipinski definition) is 6. The molecule has 0 aliphatic rings. The fourth-order valence-electron chi connectivity index (χ4n) is 2.71. The summed E-state index contributed by atoms with van der Waals surface area (Å²) < 4.78 is 1.43. The predicted octanol–water partition coefficient (Wildman–Crippen LogP) is 3.19. The molecule has 0 atom stereocenters. The summed E-state index contributed by atoms with van der Waals surface area (Å²) in [5.74, 6) is -0.242. The number of hydrogen-bond donors (Lipinski definition) is 1. The van der Waals surface area contributed by atoms with Crippen molar-refractivity contribution in [2.45, 2.75) is 19.0 Å². The van der Waals surface area contributed by atoms with Crippen LogP contribution in [0.4, 0.5) is 11.4 Å². The minimum Gasteiger partial charge on any atom is -0.325 e. The van der Waals surface area contributed by atoms with E-state index in [1.54, 1.807) is 26.1 Å². The van der Waals surface area contributed by atoms with Gasteiger partial charge in [-0.1, -0.05) is 23.4 Å². The number of fused-ring (bicyclic) bond motifs is 1. The summed E-state index contributed by atoms with van der Waals surface area (Å²) in [6.07, 6.45) is 0. The zero-order chi connectivity index (χ0) is 20.4. The van der Waals surface area contributed by atoms with Crippen molar-refractivity contribution in [3.63, 3.8) is 0 Å². The van der Waals surface area contributed by atoms with E-state index in [-0.39, 0.29) is 22.9 Å². The van der Waals surface area contributed by atoms with Gasteiger partial charge in [0.1, 0.15) is 0 Å². The number of non-ortho nitro benzene ring substituents is 1. The van der Waals surface area contributed by atoms with Crippen LogP contribution in [0, 0.1) is 24.0 Å². The molecule has 3 aromatic rings. The van der Waals surface area contributed by atoms with Gasteiger partial charge in [0, 0.05) is 24.9 Å². The molecule has 0 radical (unpaired) electrons. The lowest BCUT2D eigenvalue weighted by Crippen LogP contribution is -2.21. The van der Waals surface area contributed by atoms with Crippen molar-refractivity contribution in [3.8, 4) is 0 Å². The summed E-state index contributed by atoms with van der Waals surface area (Å²) in [6, 6.07) is 9.71. The second-order valence-electron chi connectivity index (χ2n) is 6.37. The van der Waals surface area contributed by atoms with E-state index in [1.807, 2.05) is 13.0 Å². The molecule has 9 heteroatoms. The maximum Gasteiger partial charge on any atom is 0.269 e. The van der Waals surface area contributed by atoms with Gasteiger partial charge in [0.05, 0.1) is 21.6 Å². The zero-order valence-corrected chi connectivity index (χ0v) is 16.4. The maximum atomic E-state index is 12.5. The Hall–Kier alpha value is -3.20. The molecule has 0 aliphatic heterocycles. The number of thioether (sulfide) groups is 1. The topological polar surface area (TPSA) is 107 Å². The van der Waals surface area contributed by atoms with Crippen molar-refractivity contribution in [2.75, 3.05) is 11.1 Å². The Morgan fingerprint density at radius 2 is 2.00 bits per heavy atom. The molecular formula is C19H18N4O4S. The maximum absolute atomic E-state index is 12.5. The molecule has 8 nitrogen and oxygen atoms in total.